The highest BCUT2D eigenvalue weighted by Gasteiger charge is 2.40. The van der Waals surface area contributed by atoms with Crippen molar-refractivity contribution in [3.8, 4) is 0 Å². The van der Waals surface area contributed by atoms with E-state index in [1.54, 1.807) is 0 Å². The van der Waals surface area contributed by atoms with Crippen molar-refractivity contribution in [2.75, 3.05) is 18.2 Å². The Morgan fingerprint density at radius 1 is 1.00 bits per heavy atom. The van der Waals surface area contributed by atoms with E-state index in [1.165, 1.54) is 16.7 Å². The van der Waals surface area contributed by atoms with Gasteiger partial charge in [0.25, 0.3) is 0 Å². The Hall–Kier alpha value is -1.68. The highest BCUT2D eigenvalue weighted by molar-refractivity contribution is 7.95. The van der Waals surface area contributed by atoms with Crippen molar-refractivity contribution in [2.24, 2.45) is 0 Å². The maximum Gasteiger partial charge on any atom is 0.241 e. The average Bonchev–Trinajstić information content (AvgIpc) is 2.35. The van der Waals surface area contributed by atoms with Crippen LogP contribution in [-0.4, -0.2) is 62.8 Å². The number of hydrogen-bond donors (Lipinski definition) is 0. The number of carbonyl (C=O) groups excluding carboxylic acids is 2. The molecule has 8 nitrogen and oxygen atoms in total. The molecule has 0 aliphatic carbocycles. The van der Waals surface area contributed by atoms with Crippen molar-refractivity contribution in [3.05, 3.63) is 24.0 Å². The molecule has 0 bridgehead atoms. The van der Waals surface area contributed by atoms with Gasteiger partial charge in [0.1, 0.15) is 17.7 Å². The summed E-state index contributed by atoms with van der Waals surface area (Å²) in [6.45, 7) is 7.56. The van der Waals surface area contributed by atoms with Crippen LogP contribution in [0.4, 0.5) is 0 Å². The van der Waals surface area contributed by atoms with E-state index in [9.17, 15) is 26.4 Å². The second-order valence-electron chi connectivity index (χ2n) is 4.45. The van der Waals surface area contributed by atoms with Gasteiger partial charge in [-0.05, 0) is 6.92 Å². The fourth-order valence-corrected chi connectivity index (χ4v) is 2.93. The highest BCUT2D eigenvalue weighted by atomic mass is 32.2. The van der Waals surface area contributed by atoms with Crippen molar-refractivity contribution >= 4 is 31.5 Å². The van der Waals surface area contributed by atoms with E-state index in [-0.39, 0.29) is 6.67 Å². The van der Waals surface area contributed by atoms with Crippen LogP contribution >= 0.6 is 0 Å². The molecule has 10 heteroatoms. The SMILES string of the molecule is C=CS(=O)(=O)CC(=O)N1CN(C(=O)CS(=O)(=O)C=C)C1C. The standard InChI is InChI=1S/C11H16N2O6S2/c1-4-20(16,17)6-10(14)12-8-13(9(12)3)11(15)7-21(18,19)5-2/h4-5,9H,1-2,6-8H2,3H3. The van der Waals surface area contributed by atoms with Gasteiger partial charge in [0.15, 0.2) is 19.7 Å². The Morgan fingerprint density at radius 3 is 1.57 bits per heavy atom. The van der Waals surface area contributed by atoms with Crippen LogP contribution in [0.2, 0.25) is 0 Å². The molecule has 0 aromatic heterocycles. The summed E-state index contributed by atoms with van der Waals surface area (Å²) in [5.41, 5.74) is 0. The van der Waals surface area contributed by atoms with E-state index in [1.807, 2.05) is 0 Å². The lowest BCUT2D eigenvalue weighted by Gasteiger charge is -2.49. The molecule has 0 aromatic carbocycles. The van der Waals surface area contributed by atoms with Crippen LogP contribution in [0, 0.1) is 0 Å². The molecule has 0 aromatic rings. The molecular weight excluding hydrogens is 320 g/mol. The molecule has 2 amide bonds. The molecule has 0 atom stereocenters. The molecule has 1 aliphatic heterocycles. The molecule has 1 saturated heterocycles. The van der Waals surface area contributed by atoms with Crippen LogP contribution in [0.1, 0.15) is 6.92 Å². The molecule has 0 spiro atoms. The number of amides is 2. The summed E-state index contributed by atoms with van der Waals surface area (Å²) in [5, 5.41) is 1.38. The molecule has 1 fully saturated rings. The third-order valence-corrected chi connectivity index (χ3v) is 5.32. The lowest BCUT2D eigenvalue weighted by Crippen LogP contribution is -2.67. The van der Waals surface area contributed by atoms with Crippen LogP contribution in [0.25, 0.3) is 0 Å². The summed E-state index contributed by atoms with van der Waals surface area (Å²) in [7, 11) is -7.35. The molecule has 1 rings (SSSR count). The second kappa shape index (κ2) is 5.98. The Balaban J connectivity index is 2.66. The van der Waals surface area contributed by atoms with Crippen LogP contribution in [0.15, 0.2) is 24.0 Å². The number of hydrogen-bond acceptors (Lipinski definition) is 6. The molecular formula is C11H16N2O6S2. The van der Waals surface area contributed by atoms with Gasteiger partial charge in [-0.15, -0.1) is 0 Å². The first-order chi connectivity index (χ1) is 9.53. The van der Waals surface area contributed by atoms with Crippen molar-refractivity contribution in [1.82, 2.24) is 9.80 Å². The molecule has 118 valence electrons. The van der Waals surface area contributed by atoms with Crippen LogP contribution in [0.3, 0.4) is 0 Å². The Kier molecular flexibility index (Phi) is 4.95. The van der Waals surface area contributed by atoms with Crippen molar-refractivity contribution in [2.45, 2.75) is 13.1 Å². The normalized spacial score (nSPS) is 16.2. The van der Waals surface area contributed by atoms with Gasteiger partial charge in [-0.2, -0.15) is 0 Å². The first-order valence-electron chi connectivity index (χ1n) is 5.82. The van der Waals surface area contributed by atoms with E-state index in [2.05, 4.69) is 13.2 Å². The van der Waals surface area contributed by atoms with Crippen LogP contribution < -0.4 is 0 Å². The van der Waals surface area contributed by atoms with Gasteiger partial charge in [0.2, 0.25) is 11.8 Å². The maximum absolute atomic E-state index is 11.7. The van der Waals surface area contributed by atoms with Crippen LogP contribution in [-0.2, 0) is 29.3 Å². The third kappa shape index (κ3) is 4.14. The molecule has 0 N–H and O–H groups in total. The number of carbonyl (C=O) groups is 2. The predicted octanol–water partition coefficient (Wildman–Crippen LogP) is -0.923. The number of nitrogens with zero attached hydrogens (tertiary/aromatic N) is 2. The molecule has 21 heavy (non-hydrogen) atoms. The largest absolute Gasteiger partial charge is 0.304 e. The van der Waals surface area contributed by atoms with Gasteiger partial charge in [-0.3, -0.25) is 9.59 Å². The van der Waals surface area contributed by atoms with Gasteiger partial charge in [-0.1, -0.05) is 13.2 Å². The summed E-state index contributed by atoms with van der Waals surface area (Å²) < 4.78 is 45.1. The molecule has 0 radical (unpaired) electrons. The Labute approximate surface area is 123 Å². The molecule has 1 aliphatic rings. The van der Waals surface area contributed by atoms with Gasteiger partial charge in [-0.25, -0.2) is 16.8 Å². The summed E-state index contributed by atoms with van der Waals surface area (Å²) >= 11 is 0. The lowest BCUT2D eigenvalue weighted by molar-refractivity contribution is -0.169. The summed E-state index contributed by atoms with van der Waals surface area (Å²) in [4.78, 5) is 25.8. The fraction of sp³-hybridized carbons (Fsp3) is 0.455. The topological polar surface area (TPSA) is 109 Å². The van der Waals surface area contributed by atoms with E-state index in [0.29, 0.717) is 10.8 Å². The quantitative estimate of drug-likeness (QED) is 0.620. The van der Waals surface area contributed by atoms with Crippen molar-refractivity contribution in [1.29, 1.82) is 0 Å². The minimum Gasteiger partial charge on any atom is -0.304 e. The van der Waals surface area contributed by atoms with E-state index in [0.717, 1.165) is 0 Å². The van der Waals surface area contributed by atoms with Gasteiger partial charge >= 0.3 is 0 Å². The third-order valence-electron chi connectivity index (χ3n) is 3.00. The lowest BCUT2D eigenvalue weighted by atomic mass is 10.3. The van der Waals surface area contributed by atoms with Crippen molar-refractivity contribution in [3.63, 3.8) is 0 Å². The fourth-order valence-electron chi connectivity index (χ4n) is 1.67. The summed E-state index contributed by atoms with van der Waals surface area (Å²) in [6, 6.07) is 0. The zero-order valence-electron chi connectivity index (χ0n) is 11.4. The maximum atomic E-state index is 11.7. The molecule has 1 heterocycles. The second-order valence-corrected chi connectivity index (χ2v) is 8.34. The first-order valence-corrected chi connectivity index (χ1v) is 9.25. The molecule has 0 unspecified atom stereocenters. The number of rotatable bonds is 6. The first kappa shape index (κ1) is 17.4. The zero-order valence-corrected chi connectivity index (χ0v) is 13.1. The number of sulfone groups is 2. The Bertz CT molecular complexity index is 622. The van der Waals surface area contributed by atoms with Gasteiger partial charge in [0, 0.05) is 10.8 Å². The Morgan fingerprint density at radius 2 is 1.33 bits per heavy atom. The smallest absolute Gasteiger partial charge is 0.241 e. The monoisotopic (exact) mass is 336 g/mol. The predicted molar refractivity (Wildman–Crippen MR) is 76.0 cm³/mol. The van der Waals surface area contributed by atoms with Gasteiger partial charge < -0.3 is 9.80 Å². The van der Waals surface area contributed by atoms with Gasteiger partial charge in [0.05, 0.1) is 6.67 Å². The van der Waals surface area contributed by atoms with Crippen molar-refractivity contribution < 1.29 is 26.4 Å². The average molecular weight is 336 g/mol. The van der Waals surface area contributed by atoms with E-state index in [4.69, 9.17) is 0 Å². The summed E-state index contributed by atoms with van der Waals surface area (Å²) in [6.07, 6.45) is -0.690. The van der Waals surface area contributed by atoms with E-state index >= 15 is 0 Å². The molecule has 0 saturated carbocycles. The highest BCUT2D eigenvalue weighted by Crippen LogP contribution is 2.20. The minimum atomic E-state index is -3.67. The van der Waals surface area contributed by atoms with Crippen LogP contribution in [0.5, 0.6) is 0 Å². The summed E-state index contributed by atoms with van der Waals surface area (Å²) in [5.74, 6) is -2.79. The van der Waals surface area contributed by atoms with E-state index < -0.39 is 49.2 Å². The minimum absolute atomic E-state index is 0.141. The zero-order chi connectivity index (χ0) is 16.4.